The fraction of sp³-hybridized carbons (Fsp3) is 0.462. The smallest absolute Gasteiger partial charge is 0.238 e. The maximum atomic E-state index is 12.0. The van der Waals surface area contributed by atoms with Crippen molar-refractivity contribution in [2.24, 2.45) is 0 Å². The van der Waals surface area contributed by atoms with E-state index in [9.17, 15) is 9.90 Å². The van der Waals surface area contributed by atoms with E-state index in [-0.39, 0.29) is 12.5 Å². The predicted octanol–water partition coefficient (Wildman–Crippen LogP) is 1.97. The van der Waals surface area contributed by atoms with Crippen LogP contribution in [0.4, 0.5) is 11.4 Å². The van der Waals surface area contributed by atoms with E-state index < -0.39 is 5.60 Å². The molecule has 1 unspecified atom stereocenters. The number of nitrogens with one attached hydrogen (secondary N) is 1. The molecule has 0 spiro atoms. The average molecular weight is 318 g/mol. The molecule has 110 valence electrons. The Kier molecular flexibility index (Phi) is 4.44. The molecular weight excluding hydrogens is 301 g/mol. The van der Waals surface area contributed by atoms with Crippen molar-refractivity contribution >= 4 is 40.5 Å². The van der Waals surface area contributed by atoms with Gasteiger partial charge in [0.2, 0.25) is 5.91 Å². The van der Waals surface area contributed by atoms with Gasteiger partial charge in [-0.1, -0.05) is 23.2 Å². The Morgan fingerprint density at radius 2 is 2.25 bits per heavy atom. The molecule has 0 radical (unpaired) electrons. The second kappa shape index (κ2) is 5.77. The van der Waals surface area contributed by atoms with E-state index >= 15 is 0 Å². The van der Waals surface area contributed by atoms with Crippen LogP contribution in [-0.2, 0) is 4.79 Å². The topological polar surface area (TPSA) is 78.6 Å². The van der Waals surface area contributed by atoms with Gasteiger partial charge in [-0.05, 0) is 25.5 Å². The van der Waals surface area contributed by atoms with Crippen LogP contribution in [0.15, 0.2) is 12.1 Å². The molecule has 0 aromatic heterocycles. The van der Waals surface area contributed by atoms with Gasteiger partial charge in [-0.3, -0.25) is 9.69 Å². The van der Waals surface area contributed by atoms with Gasteiger partial charge >= 0.3 is 0 Å². The van der Waals surface area contributed by atoms with Crippen LogP contribution in [0.2, 0.25) is 10.0 Å². The minimum Gasteiger partial charge on any atom is -0.397 e. The molecule has 1 aliphatic heterocycles. The van der Waals surface area contributed by atoms with Crippen molar-refractivity contribution < 1.29 is 9.90 Å². The van der Waals surface area contributed by atoms with Crippen molar-refractivity contribution in [3.8, 4) is 0 Å². The number of likely N-dealkylation sites (tertiary alicyclic amines) is 1. The molecule has 1 fully saturated rings. The van der Waals surface area contributed by atoms with Crippen LogP contribution < -0.4 is 11.1 Å². The van der Waals surface area contributed by atoms with Crippen molar-refractivity contribution in [3.63, 3.8) is 0 Å². The lowest BCUT2D eigenvalue weighted by Gasteiger charge is -2.19. The summed E-state index contributed by atoms with van der Waals surface area (Å²) in [5.41, 5.74) is 5.75. The fourth-order valence-electron chi connectivity index (χ4n) is 2.28. The lowest BCUT2D eigenvalue weighted by molar-refractivity contribution is -0.117. The van der Waals surface area contributed by atoms with Crippen LogP contribution in [0.1, 0.15) is 13.3 Å². The Bertz CT molecular complexity index is 511. The van der Waals surface area contributed by atoms with Crippen molar-refractivity contribution in [2.45, 2.75) is 18.9 Å². The van der Waals surface area contributed by atoms with E-state index in [0.29, 0.717) is 40.9 Å². The third kappa shape index (κ3) is 3.76. The number of nitrogen functional groups attached to an aromatic ring is 1. The number of nitrogens with two attached hydrogens (primary N) is 1. The number of carbonyl (C=O) groups excluding carboxylic acids is 1. The zero-order chi connectivity index (χ0) is 14.9. The summed E-state index contributed by atoms with van der Waals surface area (Å²) in [7, 11) is 0. The zero-order valence-corrected chi connectivity index (χ0v) is 12.6. The molecule has 1 aromatic carbocycles. The second-order valence-corrected chi connectivity index (χ2v) is 6.20. The van der Waals surface area contributed by atoms with Crippen molar-refractivity contribution in [3.05, 3.63) is 22.2 Å². The van der Waals surface area contributed by atoms with Gasteiger partial charge in [0.15, 0.2) is 0 Å². The largest absolute Gasteiger partial charge is 0.397 e. The number of carbonyl (C=O) groups is 1. The summed E-state index contributed by atoms with van der Waals surface area (Å²) in [6.07, 6.45) is 0.657. The molecule has 1 atom stereocenters. The molecule has 0 saturated carbocycles. The molecule has 1 heterocycles. The summed E-state index contributed by atoms with van der Waals surface area (Å²) in [6, 6.07) is 3.05. The average Bonchev–Trinajstić information content (AvgIpc) is 2.63. The molecular formula is C13H17Cl2N3O2. The van der Waals surface area contributed by atoms with Gasteiger partial charge in [0.1, 0.15) is 0 Å². The maximum Gasteiger partial charge on any atom is 0.238 e. The first-order valence-corrected chi connectivity index (χ1v) is 7.01. The van der Waals surface area contributed by atoms with Gasteiger partial charge in [0.05, 0.1) is 28.5 Å². The van der Waals surface area contributed by atoms with Gasteiger partial charge in [0.25, 0.3) is 0 Å². The summed E-state index contributed by atoms with van der Waals surface area (Å²) in [6.45, 7) is 3.11. The quantitative estimate of drug-likeness (QED) is 0.745. The van der Waals surface area contributed by atoms with Gasteiger partial charge in [-0.15, -0.1) is 0 Å². The molecule has 0 aliphatic carbocycles. The van der Waals surface area contributed by atoms with Gasteiger partial charge in [-0.25, -0.2) is 0 Å². The first-order chi connectivity index (χ1) is 9.27. The molecule has 4 N–H and O–H groups in total. The number of hydrogen-bond acceptors (Lipinski definition) is 4. The minimum atomic E-state index is -0.725. The number of amides is 1. The van der Waals surface area contributed by atoms with Gasteiger partial charge in [-0.2, -0.15) is 0 Å². The summed E-state index contributed by atoms with van der Waals surface area (Å²) in [4.78, 5) is 13.9. The first-order valence-electron chi connectivity index (χ1n) is 6.26. The normalized spacial score (nSPS) is 23.0. The van der Waals surface area contributed by atoms with E-state index in [2.05, 4.69) is 5.32 Å². The summed E-state index contributed by atoms with van der Waals surface area (Å²) in [5, 5.41) is 13.3. The Hall–Kier alpha value is -1.01. The Morgan fingerprint density at radius 1 is 1.55 bits per heavy atom. The SMILES string of the molecule is CC1(O)CCN(CC(=O)Nc2c(N)cc(Cl)cc2Cl)C1. The lowest BCUT2D eigenvalue weighted by atomic mass is 10.1. The van der Waals surface area contributed by atoms with E-state index in [0.717, 1.165) is 0 Å². The molecule has 1 aliphatic rings. The fourth-order valence-corrected chi connectivity index (χ4v) is 2.84. The summed E-state index contributed by atoms with van der Waals surface area (Å²) in [5.74, 6) is -0.223. The second-order valence-electron chi connectivity index (χ2n) is 5.36. The number of halogens is 2. The summed E-state index contributed by atoms with van der Waals surface area (Å²) < 4.78 is 0. The van der Waals surface area contributed by atoms with E-state index in [4.69, 9.17) is 28.9 Å². The van der Waals surface area contributed by atoms with Gasteiger partial charge < -0.3 is 16.2 Å². The molecule has 20 heavy (non-hydrogen) atoms. The van der Waals surface area contributed by atoms with E-state index in [1.165, 1.54) is 12.1 Å². The number of nitrogens with zero attached hydrogens (tertiary/aromatic N) is 1. The number of anilines is 2. The van der Waals surface area contributed by atoms with Crippen LogP contribution in [0.25, 0.3) is 0 Å². The minimum absolute atomic E-state index is 0.189. The highest BCUT2D eigenvalue weighted by Crippen LogP contribution is 2.32. The molecule has 1 saturated heterocycles. The van der Waals surface area contributed by atoms with Crippen LogP contribution in [-0.4, -0.2) is 41.1 Å². The standard InChI is InChI=1S/C13H17Cl2N3O2/c1-13(20)2-3-18(7-13)6-11(19)17-12-9(15)4-8(14)5-10(12)16/h4-5,20H,2-3,6-7,16H2,1H3,(H,17,19). The Morgan fingerprint density at radius 3 is 2.80 bits per heavy atom. The molecule has 1 amide bonds. The third-order valence-electron chi connectivity index (χ3n) is 3.25. The van der Waals surface area contributed by atoms with Crippen LogP contribution in [0.3, 0.4) is 0 Å². The number of rotatable bonds is 3. The van der Waals surface area contributed by atoms with Crippen LogP contribution in [0.5, 0.6) is 0 Å². The highest BCUT2D eigenvalue weighted by Gasteiger charge is 2.32. The van der Waals surface area contributed by atoms with Crippen LogP contribution in [0, 0.1) is 0 Å². The molecule has 5 nitrogen and oxygen atoms in total. The van der Waals surface area contributed by atoms with E-state index in [1.807, 2.05) is 4.90 Å². The summed E-state index contributed by atoms with van der Waals surface area (Å²) >= 11 is 11.8. The molecule has 2 rings (SSSR count). The maximum absolute atomic E-state index is 12.0. The molecule has 7 heteroatoms. The van der Waals surface area contributed by atoms with E-state index in [1.54, 1.807) is 6.92 Å². The Labute approximate surface area is 127 Å². The number of β-amino-alcohol motifs (C(OH)–C–C–N with tert-alkyl or cyclic N) is 1. The predicted molar refractivity (Wildman–Crippen MR) is 81.2 cm³/mol. The van der Waals surface area contributed by atoms with Gasteiger partial charge in [0, 0.05) is 18.1 Å². The third-order valence-corrected chi connectivity index (χ3v) is 3.76. The number of aliphatic hydroxyl groups is 1. The molecule has 1 aromatic rings. The lowest BCUT2D eigenvalue weighted by Crippen LogP contribution is -2.35. The molecule has 0 bridgehead atoms. The van der Waals surface area contributed by atoms with Crippen molar-refractivity contribution in [2.75, 3.05) is 30.7 Å². The van der Waals surface area contributed by atoms with Crippen molar-refractivity contribution in [1.29, 1.82) is 0 Å². The monoisotopic (exact) mass is 317 g/mol. The highest BCUT2D eigenvalue weighted by molar-refractivity contribution is 6.37. The zero-order valence-electron chi connectivity index (χ0n) is 11.1. The Balaban J connectivity index is 1.99. The first kappa shape index (κ1) is 15.4. The van der Waals surface area contributed by atoms with Crippen molar-refractivity contribution in [1.82, 2.24) is 4.90 Å². The highest BCUT2D eigenvalue weighted by atomic mass is 35.5. The number of benzene rings is 1. The number of hydrogen-bond donors (Lipinski definition) is 3. The van der Waals surface area contributed by atoms with Crippen LogP contribution >= 0.6 is 23.2 Å².